The number of hydrogen-bond donors (Lipinski definition) is 0. The Labute approximate surface area is 355 Å². The predicted molar refractivity (Wildman–Crippen MR) is 249 cm³/mol. The highest BCUT2D eigenvalue weighted by molar-refractivity contribution is 5.96. The zero-order valence-corrected chi connectivity index (χ0v) is 33.2. The summed E-state index contributed by atoms with van der Waals surface area (Å²) in [5.41, 5.74) is 22.1. The summed E-state index contributed by atoms with van der Waals surface area (Å²) in [6, 6.07) is 76.7. The van der Waals surface area contributed by atoms with Crippen LogP contribution >= 0.6 is 0 Å². The number of rotatable bonds is 6. The molecule has 10 aromatic rings. The van der Waals surface area contributed by atoms with Gasteiger partial charge in [0.15, 0.2) is 5.82 Å². The summed E-state index contributed by atoms with van der Waals surface area (Å²) in [4.78, 5) is 14.4. The summed E-state index contributed by atoms with van der Waals surface area (Å²) in [6.07, 6.45) is 3.65. The molecule has 0 N–H and O–H groups in total. The van der Waals surface area contributed by atoms with Gasteiger partial charge in [0.05, 0.1) is 16.8 Å². The van der Waals surface area contributed by atoms with E-state index in [1.165, 1.54) is 55.6 Å². The summed E-state index contributed by atoms with van der Waals surface area (Å²) in [5.74, 6) is 0.697. The van der Waals surface area contributed by atoms with Crippen molar-refractivity contribution < 1.29 is 0 Å². The standard InChI is InChI=1S/C58H37N3/c1-2-12-41(13-3-1)57-60-55(40-26-24-38(25-27-40)39-30-32-59-33-31-39)37-56(61-57)46-17-11-16-44(35-46)42-14-10-15-43(34-42)45-28-29-54-50(36-45)49-20-6-9-23-53(49)58(54)51-21-7-4-18-47(51)48-19-5-8-22-52(48)58/h1-37H. The number of nitrogens with zero attached hydrogens (tertiary/aromatic N) is 3. The second-order valence-corrected chi connectivity index (χ2v) is 16.0. The predicted octanol–water partition coefficient (Wildman–Crippen LogP) is 14.2. The van der Waals surface area contributed by atoms with Crippen molar-refractivity contribution in [2.45, 2.75) is 5.41 Å². The van der Waals surface area contributed by atoms with Crippen LogP contribution in [0.5, 0.6) is 0 Å². The van der Waals surface area contributed by atoms with Gasteiger partial charge in [0.2, 0.25) is 0 Å². The van der Waals surface area contributed by atoms with Crippen LogP contribution in [-0.4, -0.2) is 15.0 Å². The first-order chi connectivity index (χ1) is 30.2. The molecular weight excluding hydrogens is 739 g/mol. The van der Waals surface area contributed by atoms with E-state index in [9.17, 15) is 0 Å². The second kappa shape index (κ2) is 14.1. The van der Waals surface area contributed by atoms with Crippen molar-refractivity contribution in [1.29, 1.82) is 0 Å². The quantitative estimate of drug-likeness (QED) is 0.169. The van der Waals surface area contributed by atoms with Crippen LogP contribution in [-0.2, 0) is 5.41 Å². The van der Waals surface area contributed by atoms with Crippen molar-refractivity contribution >= 4 is 0 Å². The highest BCUT2D eigenvalue weighted by atomic mass is 14.9. The Kier molecular flexibility index (Phi) is 8.07. The topological polar surface area (TPSA) is 38.7 Å². The molecule has 0 radical (unpaired) electrons. The van der Waals surface area contributed by atoms with E-state index in [1.807, 2.05) is 42.7 Å². The molecule has 0 amide bonds. The van der Waals surface area contributed by atoms with Crippen LogP contribution in [0, 0.1) is 0 Å². The van der Waals surface area contributed by atoms with E-state index in [2.05, 4.69) is 187 Å². The van der Waals surface area contributed by atoms with Gasteiger partial charge in [0.1, 0.15) is 0 Å². The van der Waals surface area contributed by atoms with E-state index in [4.69, 9.17) is 9.97 Å². The van der Waals surface area contributed by atoms with E-state index < -0.39 is 0 Å². The molecule has 3 nitrogen and oxygen atoms in total. The van der Waals surface area contributed by atoms with Crippen molar-refractivity contribution in [3.8, 4) is 89.5 Å². The van der Waals surface area contributed by atoms with Gasteiger partial charge in [-0.2, -0.15) is 0 Å². The Morgan fingerprint density at radius 3 is 1.31 bits per heavy atom. The number of pyridine rings is 1. The molecule has 3 heteroatoms. The van der Waals surface area contributed by atoms with Crippen molar-refractivity contribution in [3.05, 3.63) is 247 Å². The number of hydrogen-bond acceptors (Lipinski definition) is 3. The Hall–Kier alpha value is -8.01. The van der Waals surface area contributed by atoms with Crippen molar-refractivity contribution in [2.24, 2.45) is 0 Å². The van der Waals surface area contributed by atoms with Gasteiger partial charge >= 0.3 is 0 Å². The molecule has 2 aliphatic rings. The Morgan fingerprint density at radius 1 is 0.262 bits per heavy atom. The third-order valence-corrected chi connectivity index (χ3v) is 12.6. The first-order valence-electron chi connectivity index (χ1n) is 20.8. The maximum atomic E-state index is 5.16. The molecule has 0 atom stereocenters. The van der Waals surface area contributed by atoms with E-state index in [0.29, 0.717) is 5.82 Å². The molecule has 0 saturated heterocycles. The SMILES string of the molecule is c1ccc(-c2nc(-c3ccc(-c4ccncc4)cc3)cc(-c3cccc(-c4cccc(-c5ccc6c(c5)-c5ccccc5C65c6ccccc6-c6ccccc65)c4)c3)n2)cc1. The molecule has 8 aromatic carbocycles. The summed E-state index contributed by atoms with van der Waals surface area (Å²) in [6.45, 7) is 0. The second-order valence-electron chi connectivity index (χ2n) is 16.0. The zero-order chi connectivity index (χ0) is 40.3. The van der Waals surface area contributed by atoms with E-state index >= 15 is 0 Å². The van der Waals surface area contributed by atoms with Crippen LogP contribution in [0.3, 0.4) is 0 Å². The molecule has 1 spiro atoms. The lowest BCUT2D eigenvalue weighted by Crippen LogP contribution is -2.25. The van der Waals surface area contributed by atoms with Gasteiger partial charge in [-0.25, -0.2) is 9.97 Å². The van der Waals surface area contributed by atoms with Crippen LogP contribution in [0.1, 0.15) is 22.3 Å². The smallest absolute Gasteiger partial charge is 0.160 e. The van der Waals surface area contributed by atoms with Crippen molar-refractivity contribution in [3.63, 3.8) is 0 Å². The Balaban J connectivity index is 0.928. The van der Waals surface area contributed by atoms with Gasteiger partial charge in [-0.15, -0.1) is 0 Å². The fourth-order valence-corrected chi connectivity index (χ4v) is 9.85. The molecular formula is C58H37N3. The van der Waals surface area contributed by atoms with E-state index in [0.717, 1.165) is 50.3 Å². The molecule has 2 aliphatic carbocycles. The van der Waals surface area contributed by atoms with E-state index in [1.54, 1.807) is 0 Å². The minimum Gasteiger partial charge on any atom is -0.265 e. The highest BCUT2D eigenvalue weighted by Gasteiger charge is 2.51. The van der Waals surface area contributed by atoms with Crippen LogP contribution in [0.15, 0.2) is 225 Å². The van der Waals surface area contributed by atoms with Gasteiger partial charge < -0.3 is 0 Å². The fraction of sp³-hybridized carbons (Fsp3) is 0.0172. The molecule has 0 aliphatic heterocycles. The average Bonchev–Trinajstić information content (AvgIpc) is 3.82. The Morgan fingerprint density at radius 2 is 0.689 bits per heavy atom. The Bertz CT molecular complexity index is 3250. The van der Waals surface area contributed by atoms with Gasteiger partial charge in [-0.1, -0.05) is 176 Å². The number of benzene rings is 8. The largest absolute Gasteiger partial charge is 0.265 e. The van der Waals surface area contributed by atoms with E-state index in [-0.39, 0.29) is 5.41 Å². The first kappa shape index (κ1) is 35.0. The summed E-state index contributed by atoms with van der Waals surface area (Å²) < 4.78 is 0. The van der Waals surface area contributed by atoms with Gasteiger partial charge in [0.25, 0.3) is 0 Å². The molecule has 0 fully saturated rings. The molecule has 12 rings (SSSR count). The lowest BCUT2D eigenvalue weighted by molar-refractivity contribution is 0.794. The summed E-state index contributed by atoms with van der Waals surface area (Å²) in [7, 11) is 0. The van der Waals surface area contributed by atoms with Crippen molar-refractivity contribution in [2.75, 3.05) is 0 Å². The summed E-state index contributed by atoms with van der Waals surface area (Å²) in [5, 5.41) is 0. The average molecular weight is 776 g/mol. The zero-order valence-electron chi connectivity index (χ0n) is 33.2. The maximum Gasteiger partial charge on any atom is 0.160 e. The first-order valence-corrected chi connectivity index (χ1v) is 20.8. The third-order valence-electron chi connectivity index (χ3n) is 12.6. The normalized spacial score (nSPS) is 12.7. The lowest BCUT2D eigenvalue weighted by atomic mass is 9.70. The van der Waals surface area contributed by atoms with Crippen LogP contribution in [0.4, 0.5) is 0 Å². The molecule has 2 aromatic heterocycles. The molecule has 61 heavy (non-hydrogen) atoms. The minimum absolute atomic E-state index is 0.343. The number of fused-ring (bicyclic) bond motifs is 10. The molecule has 2 heterocycles. The molecule has 284 valence electrons. The van der Waals surface area contributed by atoms with Crippen LogP contribution < -0.4 is 0 Å². The number of aromatic nitrogens is 3. The molecule has 0 bridgehead atoms. The molecule has 0 saturated carbocycles. The van der Waals surface area contributed by atoms with Crippen molar-refractivity contribution in [1.82, 2.24) is 15.0 Å². The molecule has 0 unspecified atom stereocenters. The maximum absolute atomic E-state index is 5.16. The highest BCUT2D eigenvalue weighted by Crippen LogP contribution is 2.63. The summed E-state index contributed by atoms with van der Waals surface area (Å²) >= 11 is 0. The third kappa shape index (κ3) is 5.62. The van der Waals surface area contributed by atoms with Crippen LogP contribution in [0.25, 0.3) is 89.5 Å². The van der Waals surface area contributed by atoms with Gasteiger partial charge in [-0.05, 0) is 114 Å². The van der Waals surface area contributed by atoms with Gasteiger partial charge in [-0.3, -0.25) is 4.98 Å². The van der Waals surface area contributed by atoms with Crippen LogP contribution in [0.2, 0.25) is 0 Å². The fourth-order valence-electron chi connectivity index (χ4n) is 9.85. The lowest BCUT2D eigenvalue weighted by Gasteiger charge is -2.30. The van der Waals surface area contributed by atoms with Gasteiger partial charge in [0, 0.05) is 29.1 Å². The minimum atomic E-state index is -0.343. The monoisotopic (exact) mass is 775 g/mol.